The predicted molar refractivity (Wildman–Crippen MR) is 86.9 cm³/mol. The van der Waals surface area contributed by atoms with Crippen LogP contribution in [0.3, 0.4) is 0 Å². The van der Waals surface area contributed by atoms with Crippen LogP contribution in [0.2, 0.25) is 0 Å². The van der Waals surface area contributed by atoms with Gasteiger partial charge in [-0.1, -0.05) is 36.7 Å². The molecule has 1 fully saturated rings. The molecular formula is C16H25BrN2. The first kappa shape index (κ1) is 14.9. The maximum Gasteiger partial charge on any atom is 0.0412 e. The monoisotopic (exact) mass is 324 g/mol. The molecule has 106 valence electrons. The van der Waals surface area contributed by atoms with Gasteiger partial charge in [0.1, 0.15) is 0 Å². The lowest BCUT2D eigenvalue weighted by molar-refractivity contribution is 0.325. The van der Waals surface area contributed by atoms with Gasteiger partial charge < -0.3 is 10.2 Å². The topological polar surface area (TPSA) is 15.3 Å². The number of hydrogen-bond acceptors (Lipinski definition) is 2. The van der Waals surface area contributed by atoms with Crippen molar-refractivity contribution in [2.75, 3.05) is 18.0 Å². The summed E-state index contributed by atoms with van der Waals surface area (Å²) in [5, 5.41) is 3.69. The summed E-state index contributed by atoms with van der Waals surface area (Å²) in [4.78, 5) is 2.58. The van der Waals surface area contributed by atoms with Crippen molar-refractivity contribution in [3.05, 3.63) is 28.2 Å². The van der Waals surface area contributed by atoms with Crippen molar-refractivity contribution in [1.82, 2.24) is 5.32 Å². The molecule has 1 heterocycles. The number of piperazine rings is 1. The molecule has 2 nitrogen and oxygen atoms in total. The highest BCUT2D eigenvalue weighted by Gasteiger charge is 2.28. The predicted octanol–water partition coefficient (Wildman–Crippen LogP) is 3.97. The van der Waals surface area contributed by atoms with Gasteiger partial charge in [-0.25, -0.2) is 0 Å². The minimum atomic E-state index is 0.590. The molecule has 0 radical (unpaired) electrons. The summed E-state index contributed by atoms with van der Waals surface area (Å²) >= 11 is 3.59. The zero-order valence-electron chi connectivity index (χ0n) is 12.4. The minimum absolute atomic E-state index is 0.590. The van der Waals surface area contributed by atoms with Crippen molar-refractivity contribution >= 4 is 21.6 Å². The smallest absolute Gasteiger partial charge is 0.0412 e. The molecule has 1 saturated heterocycles. The van der Waals surface area contributed by atoms with Crippen molar-refractivity contribution in [1.29, 1.82) is 0 Å². The van der Waals surface area contributed by atoms with E-state index in [0.717, 1.165) is 13.1 Å². The summed E-state index contributed by atoms with van der Waals surface area (Å²) in [6, 6.07) is 7.91. The van der Waals surface area contributed by atoms with Crippen LogP contribution in [0.1, 0.15) is 32.8 Å². The molecule has 2 unspecified atom stereocenters. The van der Waals surface area contributed by atoms with Crippen molar-refractivity contribution in [3.63, 3.8) is 0 Å². The third kappa shape index (κ3) is 3.32. The maximum absolute atomic E-state index is 3.69. The van der Waals surface area contributed by atoms with Gasteiger partial charge >= 0.3 is 0 Å². The summed E-state index contributed by atoms with van der Waals surface area (Å²) < 4.78 is 1.19. The molecule has 19 heavy (non-hydrogen) atoms. The van der Waals surface area contributed by atoms with Gasteiger partial charge in [0, 0.05) is 35.3 Å². The molecule has 1 aliphatic heterocycles. The summed E-state index contributed by atoms with van der Waals surface area (Å²) in [6.07, 6.45) is 1.19. The molecule has 0 aliphatic carbocycles. The fourth-order valence-corrected chi connectivity index (χ4v) is 3.00. The lowest BCUT2D eigenvalue weighted by Gasteiger charge is -2.43. The average molecular weight is 325 g/mol. The average Bonchev–Trinajstić information content (AvgIpc) is 2.41. The Morgan fingerprint density at radius 2 is 2.16 bits per heavy atom. The second-order valence-electron chi connectivity index (χ2n) is 5.91. The third-order valence-corrected chi connectivity index (χ3v) is 5.09. The van der Waals surface area contributed by atoms with Gasteiger partial charge in [0.2, 0.25) is 0 Å². The van der Waals surface area contributed by atoms with Crippen molar-refractivity contribution in [3.8, 4) is 0 Å². The highest BCUT2D eigenvalue weighted by molar-refractivity contribution is 9.10. The van der Waals surface area contributed by atoms with Crippen LogP contribution in [0.15, 0.2) is 22.7 Å². The number of rotatable bonds is 3. The maximum atomic E-state index is 3.69. The summed E-state index contributed by atoms with van der Waals surface area (Å²) in [6.45, 7) is 11.2. The van der Waals surface area contributed by atoms with Crippen LogP contribution in [0, 0.1) is 12.8 Å². The first-order valence-corrected chi connectivity index (χ1v) is 8.08. The lowest BCUT2D eigenvalue weighted by atomic mass is 9.97. The van der Waals surface area contributed by atoms with E-state index in [1.165, 1.54) is 22.1 Å². The van der Waals surface area contributed by atoms with Crippen molar-refractivity contribution in [2.24, 2.45) is 5.92 Å². The van der Waals surface area contributed by atoms with Gasteiger partial charge in [0.25, 0.3) is 0 Å². The molecule has 0 bridgehead atoms. The fraction of sp³-hybridized carbons (Fsp3) is 0.625. The van der Waals surface area contributed by atoms with Crippen LogP contribution in [-0.2, 0) is 0 Å². The first-order valence-electron chi connectivity index (χ1n) is 7.29. The summed E-state index contributed by atoms with van der Waals surface area (Å²) in [5.74, 6) is 0.678. The molecule has 3 heteroatoms. The van der Waals surface area contributed by atoms with E-state index in [1.54, 1.807) is 0 Å². The van der Waals surface area contributed by atoms with Gasteiger partial charge in [0.05, 0.1) is 0 Å². The van der Waals surface area contributed by atoms with Crippen LogP contribution < -0.4 is 10.2 Å². The van der Waals surface area contributed by atoms with E-state index in [0.29, 0.717) is 18.0 Å². The molecule has 0 amide bonds. The number of anilines is 1. The fourth-order valence-electron chi connectivity index (χ4n) is 2.76. The Labute approximate surface area is 125 Å². The highest BCUT2D eigenvalue weighted by Crippen LogP contribution is 2.27. The minimum Gasteiger partial charge on any atom is -0.366 e. The zero-order valence-corrected chi connectivity index (χ0v) is 14.0. The van der Waals surface area contributed by atoms with E-state index in [9.17, 15) is 0 Å². The Kier molecular flexibility index (Phi) is 4.91. The van der Waals surface area contributed by atoms with Gasteiger partial charge in [-0.15, -0.1) is 0 Å². The Morgan fingerprint density at radius 3 is 2.74 bits per heavy atom. The van der Waals surface area contributed by atoms with Gasteiger partial charge in [-0.05, 0) is 43.0 Å². The number of halogens is 1. The second-order valence-corrected chi connectivity index (χ2v) is 6.76. The van der Waals surface area contributed by atoms with Gasteiger partial charge in [-0.3, -0.25) is 0 Å². The standard InChI is InChI=1S/C16H25BrN2/c1-5-13-9-18-16(11(2)3)10-19(13)14-6-7-15(17)12(4)8-14/h6-8,11,13,16,18H,5,9-10H2,1-4H3. The Hall–Kier alpha value is -0.540. The molecular weight excluding hydrogens is 300 g/mol. The van der Waals surface area contributed by atoms with E-state index >= 15 is 0 Å². The van der Waals surface area contributed by atoms with Gasteiger partial charge in [-0.2, -0.15) is 0 Å². The lowest BCUT2D eigenvalue weighted by Crippen LogP contribution is -2.58. The third-order valence-electron chi connectivity index (χ3n) is 4.20. The van der Waals surface area contributed by atoms with Crippen molar-refractivity contribution in [2.45, 2.75) is 46.2 Å². The zero-order chi connectivity index (χ0) is 14.0. The molecule has 0 aromatic heterocycles. The Bertz CT molecular complexity index is 431. The molecule has 2 rings (SSSR count). The van der Waals surface area contributed by atoms with Crippen LogP contribution in [0.25, 0.3) is 0 Å². The molecule has 1 aromatic rings. The SMILES string of the molecule is CCC1CNC(C(C)C)CN1c1ccc(Br)c(C)c1. The number of aryl methyl sites for hydroxylation is 1. The summed E-state index contributed by atoms with van der Waals surface area (Å²) in [5.41, 5.74) is 2.67. The molecule has 0 saturated carbocycles. The quantitative estimate of drug-likeness (QED) is 0.905. The van der Waals surface area contributed by atoms with Crippen LogP contribution in [0.5, 0.6) is 0 Å². The Morgan fingerprint density at radius 1 is 1.42 bits per heavy atom. The van der Waals surface area contributed by atoms with E-state index < -0.39 is 0 Å². The first-order chi connectivity index (χ1) is 9.02. The van der Waals surface area contributed by atoms with Crippen LogP contribution in [-0.4, -0.2) is 25.2 Å². The number of benzene rings is 1. The number of nitrogens with zero attached hydrogens (tertiary/aromatic N) is 1. The van der Waals surface area contributed by atoms with Gasteiger partial charge in [0.15, 0.2) is 0 Å². The van der Waals surface area contributed by atoms with E-state index in [-0.39, 0.29) is 0 Å². The van der Waals surface area contributed by atoms with E-state index in [2.05, 4.69) is 72.0 Å². The normalized spacial score (nSPS) is 24.0. The molecule has 1 aliphatic rings. The molecule has 2 atom stereocenters. The van der Waals surface area contributed by atoms with E-state index in [1.807, 2.05) is 0 Å². The van der Waals surface area contributed by atoms with E-state index in [4.69, 9.17) is 0 Å². The van der Waals surface area contributed by atoms with Crippen LogP contribution >= 0.6 is 15.9 Å². The number of hydrogen-bond donors (Lipinski definition) is 1. The summed E-state index contributed by atoms with van der Waals surface area (Å²) in [7, 11) is 0. The molecule has 1 N–H and O–H groups in total. The van der Waals surface area contributed by atoms with Crippen molar-refractivity contribution < 1.29 is 0 Å². The largest absolute Gasteiger partial charge is 0.366 e. The highest BCUT2D eigenvalue weighted by atomic mass is 79.9. The van der Waals surface area contributed by atoms with Crippen LogP contribution in [0.4, 0.5) is 5.69 Å². The molecule has 0 spiro atoms. The second kappa shape index (κ2) is 6.27. The Balaban J connectivity index is 2.24. The number of nitrogens with one attached hydrogen (secondary N) is 1. The molecule has 1 aromatic carbocycles.